The van der Waals surface area contributed by atoms with Crippen molar-refractivity contribution in [2.45, 2.75) is 440 Å². The molecular weight excluding hydrogens is 1320 g/mol. The minimum atomic E-state index is -4.96. The first-order valence-electron chi connectivity index (χ1n) is 42.3. The van der Waals surface area contributed by atoms with E-state index in [-0.39, 0.29) is 25.7 Å². The Morgan fingerprint density at radius 1 is 0.277 bits per heavy atom. The Kier molecular flexibility index (Phi) is 69.6. The lowest BCUT2D eigenvalue weighted by Gasteiger charge is -2.21. The second kappa shape index (κ2) is 71.0. The van der Waals surface area contributed by atoms with Gasteiger partial charge < -0.3 is 33.8 Å². The summed E-state index contributed by atoms with van der Waals surface area (Å²) >= 11 is 0. The molecule has 17 nitrogen and oxygen atoms in total. The van der Waals surface area contributed by atoms with Gasteiger partial charge in [0.1, 0.15) is 19.3 Å². The Hall–Kier alpha value is -1.94. The lowest BCUT2D eigenvalue weighted by molar-refractivity contribution is -0.161. The summed E-state index contributed by atoms with van der Waals surface area (Å²) in [5.74, 6) is 1.03. The molecule has 0 aromatic rings. The average molecular weight is 1480 g/mol. The van der Waals surface area contributed by atoms with Crippen LogP contribution in [0.25, 0.3) is 0 Å². The number of unbranched alkanes of at least 4 members (excludes halogenated alkanes) is 43. The third kappa shape index (κ3) is 73.4. The number of hydrogen-bond acceptors (Lipinski definition) is 15. The van der Waals surface area contributed by atoms with Crippen LogP contribution in [0.15, 0.2) is 0 Å². The molecule has 0 saturated heterocycles. The molecule has 19 heteroatoms. The summed E-state index contributed by atoms with van der Waals surface area (Å²) < 4.78 is 68.7. The number of esters is 4. The van der Waals surface area contributed by atoms with Gasteiger partial charge in [-0.05, 0) is 49.4 Å². The number of aliphatic hydroxyl groups is 1. The molecular formula is C82H160O17P2. The highest BCUT2D eigenvalue weighted by molar-refractivity contribution is 7.47. The molecule has 0 aliphatic heterocycles. The van der Waals surface area contributed by atoms with E-state index in [0.29, 0.717) is 25.7 Å². The standard InChI is InChI=1S/C82H160O17P2/c1-9-74(7)60-52-44-36-30-23-19-15-13-11-12-14-16-20-24-32-38-48-56-64-81(86)98-77(68-92-79(84)62-54-46-37-31-27-26-29-35-43-51-59-73(5)6)70-96-100(88,89)94-66-76(83)67-95-101(90,91)97-71-78(69-93-80(85)63-55-47-41-40-45-53-61-75(8)10-2)99-82(87)65-57-49-39-33-25-21-17-18-22-28-34-42-50-58-72(3)4/h72-78,83H,9-71H2,1-8H3,(H,88,89)(H,90,91)/t74?,75?,76-,77-,78-/m1/s1. The number of phosphoric ester groups is 2. The molecule has 4 unspecified atom stereocenters. The smallest absolute Gasteiger partial charge is 0.462 e. The highest BCUT2D eigenvalue weighted by Gasteiger charge is 2.30. The minimum absolute atomic E-state index is 0.106. The summed E-state index contributed by atoms with van der Waals surface area (Å²) in [5, 5.41) is 10.6. The van der Waals surface area contributed by atoms with Crippen molar-refractivity contribution in [2.24, 2.45) is 23.7 Å². The molecule has 0 radical (unpaired) electrons. The maximum Gasteiger partial charge on any atom is 0.472 e. The largest absolute Gasteiger partial charge is 0.472 e. The van der Waals surface area contributed by atoms with E-state index in [9.17, 15) is 43.2 Å². The van der Waals surface area contributed by atoms with Gasteiger partial charge in [-0.25, -0.2) is 9.13 Å². The lowest BCUT2D eigenvalue weighted by atomic mass is 9.99. The molecule has 3 N–H and O–H groups in total. The number of aliphatic hydroxyl groups excluding tert-OH is 1. The van der Waals surface area contributed by atoms with E-state index in [4.69, 9.17) is 37.0 Å². The summed E-state index contributed by atoms with van der Waals surface area (Å²) in [5.41, 5.74) is 0. The van der Waals surface area contributed by atoms with Gasteiger partial charge >= 0.3 is 39.5 Å². The molecule has 0 rings (SSSR count). The molecule has 0 fully saturated rings. The predicted molar refractivity (Wildman–Crippen MR) is 414 cm³/mol. The highest BCUT2D eigenvalue weighted by Crippen LogP contribution is 2.45. The quantitative estimate of drug-likeness (QED) is 0.0222. The van der Waals surface area contributed by atoms with E-state index in [1.54, 1.807) is 0 Å². The van der Waals surface area contributed by atoms with Crippen LogP contribution >= 0.6 is 15.6 Å². The maximum atomic E-state index is 13.1. The summed E-state index contributed by atoms with van der Waals surface area (Å²) in [6, 6.07) is 0. The van der Waals surface area contributed by atoms with Crippen LogP contribution in [-0.2, 0) is 65.4 Å². The molecule has 0 heterocycles. The molecule has 600 valence electrons. The van der Waals surface area contributed by atoms with E-state index >= 15 is 0 Å². The summed E-state index contributed by atoms with van der Waals surface area (Å²) in [4.78, 5) is 73.0. The lowest BCUT2D eigenvalue weighted by Crippen LogP contribution is -2.30. The number of rotatable bonds is 79. The third-order valence-corrected chi connectivity index (χ3v) is 21.7. The van der Waals surface area contributed by atoms with Crippen LogP contribution in [0.3, 0.4) is 0 Å². The van der Waals surface area contributed by atoms with Crippen molar-refractivity contribution in [1.82, 2.24) is 0 Å². The topological polar surface area (TPSA) is 237 Å². The van der Waals surface area contributed by atoms with Crippen molar-refractivity contribution in [1.29, 1.82) is 0 Å². The number of hydrogen-bond donors (Lipinski definition) is 3. The van der Waals surface area contributed by atoms with Crippen LogP contribution in [0.4, 0.5) is 0 Å². The molecule has 0 bridgehead atoms. The molecule has 0 aliphatic carbocycles. The Morgan fingerprint density at radius 3 is 0.703 bits per heavy atom. The summed E-state index contributed by atoms with van der Waals surface area (Å²) in [6.07, 6.45) is 58.3. The second-order valence-corrected chi connectivity index (χ2v) is 33.9. The number of carbonyl (C=O) groups excluding carboxylic acids is 4. The van der Waals surface area contributed by atoms with Crippen LogP contribution in [0.2, 0.25) is 0 Å². The van der Waals surface area contributed by atoms with Gasteiger partial charge in [0.05, 0.1) is 26.4 Å². The predicted octanol–water partition coefficient (Wildman–Crippen LogP) is 24.4. The maximum absolute atomic E-state index is 13.1. The molecule has 7 atom stereocenters. The molecule has 0 saturated carbocycles. The summed E-state index contributed by atoms with van der Waals surface area (Å²) in [7, 11) is -9.92. The van der Waals surface area contributed by atoms with Crippen molar-refractivity contribution in [3.05, 3.63) is 0 Å². The van der Waals surface area contributed by atoms with Gasteiger partial charge in [0.2, 0.25) is 0 Å². The van der Waals surface area contributed by atoms with Gasteiger partial charge in [-0.3, -0.25) is 37.3 Å². The zero-order valence-electron chi connectivity index (χ0n) is 66.5. The number of carbonyl (C=O) groups is 4. The zero-order chi connectivity index (χ0) is 74.6. The van der Waals surface area contributed by atoms with Crippen LogP contribution < -0.4 is 0 Å². The molecule has 0 aromatic carbocycles. The van der Waals surface area contributed by atoms with E-state index in [1.807, 2.05) is 0 Å². The zero-order valence-corrected chi connectivity index (χ0v) is 68.3. The van der Waals surface area contributed by atoms with Crippen molar-refractivity contribution >= 4 is 39.5 Å². The van der Waals surface area contributed by atoms with Crippen molar-refractivity contribution in [2.75, 3.05) is 39.6 Å². The van der Waals surface area contributed by atoms with Gasteiger partial charge in [0.25, 0.3) is 0 Å². The fraction of sp³-hybridized carbons (Fsp3) is 0.951. The Bertz CT molecular complexity index is 1980. The van der Waals surface area contributed by atoms with Gasteiger partial charge in [0.15, 0.2) is 12.2 Å². The third-order valence-electron chi connectivity index (χ3n) is 19.8. The van der Waals surface area contributed by atoms with Crippen LogP contribution in [-0.4, -0.2) is 96.7 Å². The van der Waals surface area contributed by atoms with E-state index < -0.39 is 97.5 Å². The van der Waals surface area contributed by atoms with Crippen LogP contribution in [0, 0.1) is 23.7 Å². The molecule has 0 aliphatic rings. The Balaban J connectivity index is 5.21. The first-order valence-corrected chi connectivity index (χ1v) is 45.3. The molecule has 0 aromatic heterocycles. The fourth-order valence-corrected chi connectivity index (χ4v) is 14.1. The minimum Gasteiger partial charge on any atom is -0.462 e. The van der Waals surface area contributed by atoms with Crippen LogP contribution in [0.5, 0.6) is 0 Å². The van der Waals surface area contributed by atoms with E-state index in [0.717, 1.165) is 120 Å². The molecule has 101 heavy (non-hydrogen) atoms. The van der Waals surface area contributed by atoms with Gasteiger partial charge in [-0.2, -0.15) is 0 Å². The fourth-order valence-electron chi connectivity index (χ4n) is 12.5. The SMILES string of the molecule is CCC(C)CCCCCCCCCCCCCCCCCCCCC(=O)O[C@H](COC(=O)CCCCCCCCCCCCC(C)C)COP(=O)(O)OC[C@@H](O)COP(=O)(O)OC[C@@H](COC(=O)CCCCCCCCC(C)CC)OC(=O)CCCCCCCCCCCCCCCC(C)C. The number of phosphoric acid groups is 2. The van der Waals surface area contributed by atoms with Crippen molar-refractivity contribution in [3.8, 4) is 0 Å². The van der Waals surface area contributed by atoms with Crippen molar-refractivity contribution in [3.63, 3.8) is 0 Å². The van der Waals surface area contributed by atoms with Crippen LogP contribution in [0.1, 0.15) is 421 Å². The Morgan fingerprint density at radius 2 is 0.475 bits per heavy atom. The highest BCUT2D eigenvalue weighted by atomic mass is 31.2. The summed E-state index contributed by atoms with van der Waals surface area (Å²) in [6.45, 7) is 14.3. The average Bonchev–Trinajstić information content (AvgIpc) is 1.17. The van der Waals surface area contributed by atoms with Gasteiger partial charge in [-0.15, -0.1) is 0 Å². The number of ether oxygens (including phenoxy) is 4. The Labute approximate surface area is 619 Å². The second-order valence-electron chi connectivity index (χ2n) is 31.0. The molecule has 0 spiro atoms. The van der Waals surface area contributed by atoms with Crippen molar-refractivity contribution < 1.29 is 80.2 Å². The van der Waals surface area contributed by atoms with Gasteiger partial charge in [0, 0.05) is 25.7 Å². The monoisotopic (exact) mass is 1480 g/mol. The van der Waals surface area contributed by atoms with E-state index in [1.165, 1.54) is 218 Å². The first kappa shape index (κ1) is 99.1. The first-order chi connectivity index (χ1) is 48.7. The molecule has 0 amide bonds. The van der Waals surface area contributed by atoms with Gasteiger partial charge in [-0.1, -0.05) is 370 Å². The van der Waals surface area contributed by atoms with E-state index in [2.05, 4.69) is 55.4 Å². The normalized spacial score (nSPS) is 14.5.